The van der Waals surface area contributed by atoms with Crippen LogP contribution in [0.3, 0.4) is 0 Å². The van der Waals surface area contributed by atoms with E-state index in [4.69, 9.17) is 9.15 Å². The summed E-state index contributed by atoms with van der Waals surface area (Å²) in [5.41, 5.74) is 0.950. The van der Waals surface area contributed by atoms with Crippen LogP contribution in [0.15, 0.2) is 47.1 Å². The molecule has 1 aromatic carbocycles. The summed E-state index contributed by atoms with van der Waals surface area (Å²) in [5, 5.41) is 9.95. The van der Waals surface area contributed by atoms with Crippen LogP contribution >= 0.6 is 0 Å². The molecule has 1 fully saturated rings. The van der Waals surface area contributed by atoms with E-state index in [1.807, 2.05) is 24.3 Å². The second-order valence-corrected chi connectivity index (χ2v) is 5.12. The van der Waals surface area contributed by atoms with Crippen molar-refractivity contribution in [1.29, 1.82) is 0 Å². The molecule has 1 amide bonds. The molecule has 0 spiro atoms. The Morgan fingerprint density at radius 1 is 1.38 bits per heavy atom. The number of hydrogen-bond acceptors (Lipinski definition) is 4. The molecule has 2 heterocycles. The summed E-state index contributed by atoms with van der Waals surface area (Å²) in [6, 6.07) is 10.7. The van der Waals surface area contributed by atoms with Crippen LogP contribution in [-0.4, -0.2) is 35.7 Å². The Morgan fingerprint density at radius 3 is 2.95 bits per heavy atom. The number of hydrogen-bond donors (Lipinski definition) is 1. The Bertz CT molecular complexity index is 623. The summed E-state index contributed by atoms with van der Waals surface area (Å²) in [7, 11) is 1.61. The molecule has 1 aliphatic rings. The highest BCUT2D eigenvalue weighted by Crippen LogP contribution is 2.34. The van der Waals surface area contributed by atoms with E-state index in [-0.39, 0.29) is 17.7 Å². The van der Waals surface area contributed by atoms with Gasteiger partial charge in [0.15, 0.2) is 5.76 Å². The predicted octanol–water partition coefficient (Wildman–Crippen LogP) is 2.24. The van der Waals surface area contributed by atoms with Crippen LogP contribution in [0.25, 0.3) is 0 Å². The summed E-state index contributed by atoms with van der Waals surface area (Å²) in [4.78, 5) is 14.1. The molecule has 0 unspecified atom stereocenters. The molecule has 0 aliphatic carbocycles. The van der Waals surface area contributed by atoms with E-state index in [1.54, 1.807) is 24.1 Å². The second-order valence-electron chi connectivity index (χ2n) is 5.12. The van der Waals surface area contributed by atoms with Gasteiger partial charge in [-0.05, 0) is 36.2 Å². The number of amides is 1. The average molecular weight is 287 g/mol. The topological polar surface area (TPSA) is 62.9 Å². The van der Waals surface area contributed by atoms with E-state index in [2.05, 4.69) is 0 Å². The first-order valence-electron chi connectivity index (χ1n) is 6.85. The van der Waals surface area contributed by atoms with Gasteiger partial charge in [0.2, 0.25) is 0 Å². The molecule has 5 nitrogen and oxygen atoms in total. The number of carbonyl (C=O) groups excluding carboxylic acids is 1. The molecule has 0 radical (unpaired) electrons. The van der Waals surface area contributed by atoms with Gasteiger partial charge in [0.25, 0.3) is 5.91 Å². The predicted molar refractivity (Wildman–Crippen MR) is 76.1 cm³/mol. The number of aliphatic hydroxyl groups is 1. The van der Waals surface area contributed by atoms with Crippen molar-refractivity contribution >= 4 is 5.91 Å². The first-order valence-corrected chi connectivity index (χ1v) is 6.85. The molecule has 2 aromatic rings. The fraction of sp³-hybridized carbons (Fsp3) is 0.312. The minimum Gasteiger partial charge on any atom is -0.497 e. The lowest BCUT2D eigenvalue weighted by atomic mass is 10.0. The minimum atomic E-state index is -0.528. The fourth-order valence-electron chi connectivity index (χ4n) is 2.74. The van der Waals surface area contributed by atoms with E-state index >= 15 is 0 Å². The molecule has 3 rings (SSSR count). The zero-order valence-electron chi connectivity index (χ0n) is 11.7. The molecular formula is C16H17NO4. The Balaban J connectivity index is 1.90. The van der Waals surface area contributed by atoms with Gasteiger partial charge in [-0.1, -0.05) is 12.1 Å². The smallest absolute Gasteiger partial charge is 0.290 e. The lowest BCUT2D eigenvalue weighted by molar-refractivity contribution is 0.0683. The summed E-state index contributed by atoms with van der Waals surface area (Å²) in [6.45, 7) is 0.307. The Kier molecular flexibility index (Phi) is 3.66. The van der Waals surface area contributed by atoms with Gasteiger partial charge in [0.05, 0.1) is 25.5 Å². The van der Waals surface area contributed by atoms with Crippen LogP contribution in [0.5, 0.6) is 5.75 Å². The zero-order chi connectivity index (χ0) is 14.8. The van der Waals surface area contributed by atoms with Crippen LogP contribution < -0.4 is 4.74 Å². The van der Waals surface area contributed by atoms with Gasteiger partial charge in [-0.3, -0.25) is 4.79 Å². The number of β-amino-alcohol motifs (C(OH)–C–C–N with tert-alkyl or cyclic N) is 1. The number of carbonyl (C=O) groups is 1. The van der Waals surface area contributed by atoms with E-state index in [1.165, 1.54) is 6.26 Å². The van der Waals surface area contributed by atoms with E-state index in [0.717, 1.165) is 11.3 Å². The van der Waals surface area contributed by atoms with E-state index in [0.29, 0.717) is 13.0 Å². The average Bonchev–Trinajstić information content (AvgIpc) is 3.16. The number of nitrogens with zero attached hydrogens (tertiary/aromatic N) is 1. The van der Waals surface area contributed by atoms with Crippen LogP contribution in [0.4, 0.5) is 0 Å². The summed E-state index contributed by atoms with van der Waals surface area (Å²) in [5.74, 6) is 0.820. The summed E-state index contributed by atoms with van der Waals surface area (Å²) >= 11 is 0. The minimum absolute atomic E-state index is 0.173. The molecule has 110 valence electrons. The first kappa shape index (κ1) is 13.7. The van der Waals surface area contributed by atoms with Crippen molar-refractivity contribution < 1.29 is 19.1 Å². The third-order valence-electron chi connectivity index (χ3n) is 3.75. The lowest BCUT2D eigenvalue weighted by Crippen LogP contribution is -2.31. The highest BCUT2D eigenvalue weighted by molar-refractivity contribution is 5.92. The number of likely N-dealkylation sites (tertiary alicyclic amines) is 1. The van der Waals surface area contributed by atoms with Gasteiger partial charge < -0.3 is 19.2 Å². The normalized spacial score (nSPS) is 21.5. The number of benzene rings is 1. The SMILES string of the molecule is COc1cccc([C@@H]2C[C@H](O)CN2C(=O)c2ccco2)c1. The highest BCUT2D eigenvalue weighted by atomic mass is 16.5. The monoisotopic (exact) mass is 287 g/mol. The van der Waals surface area contributed by atoms with Gasteiger partial charge in [-0.25, -0.2) is 0 Å². The Morgan fingerprint density at radius 2 is 2.24 bits per heavy atom. The van der Waals surface area contributed by atoms with Crippen LogP contribution in [0.1, 0.15) is 28.6 Å². The molecule has 2 atom stereocenters. The van der Waals surface area contributed by atoms with Crippen molar-refractivity contribution in [3.8, 4) is 5.75 Å². The Labute approximate surface area is 122 Å². The molecule has 1 aliphatic heterocycles. The summed E-state index contributed by atoms with van der Waals surface area (Å²) in [6.07, 6.45) is 1.46. The molecule has 0 bridgehead atoms. The van der Waals surface area contributed by atoms with Gasteiger partial charge in [-0.2, -0.15) is 0 Å². The van der Waals surface area contributed by atoms with Gasteiger partial charge in [0, 0.05) is 6.54 Å². The number of aliphatic hydroxyl groups excluding tert-OH is 1. The third kappa shape index (κ3) is 2.64. The van der Waals surface area contributed by atoms with Gasteiger partial charge >= 0.3 is 0 Å². The maximum absolute atomic E-state index is 12.5. The number of methoxy groups -OCH3 is 1. The fourth-order valence-corrected chi connectivity index (χ4v) is 2.74. The van der Waals surface area contributed by atoms with E-state index in [9.17, 15) is 9.90 Å². The number of ether oxygens (including phenoxy) is 1. The quantitative estimate of drug-likeness (QED) is 0.940. The molecule has 1 saturated heterocycles. The largest absolute Gasteiger partial charge is 0.497 e. The first-order chi connectivity index (χ1) is 10.2. The van der Waals surface area contributed by atoms with E-state index < -0.39 is 6.10 Å². The van der Waals surface area contributed by atoms with Crippen molar-refractivity contribution in [2.45, 2.75) is 18.6 Å². The standard InChI is InChI=1S/C16H17NO4/c1-20-13-5-2-4-11(8-13)14-9-12(18)10-17(14)16(19)15-6-3-7-21-15/h2-8,12,14,18H,9-10H2,1H3/t12-,14-/m0/s1. The maximum Gasteiger partial charge on any atom is 0.290 e. The van der Waals surface area contributed by atoms with Crippen molar-refractivity contribution in [3.05, 3.63) is 54.0 Å². The number of furan rings is 1. The maximum atomic E-state index is 12.5. The number of rotatable bonds is 3. The van der Waals surface area contributed by atoms with Crippen molar-refractivity contribution in [2.24, 2.45) is 0 Å². The van der Waals surface area contributed by atoms with Crippen molar-refractivity contribution in [2.75, 3.05) is 13.7 Å². The van der Waals surface area contributed by atoms with Crippen LogP contribution in [0.2, 0.25) is 0 Å². The molecule has 21 heavy (non-hydrogen) atoms. The molecular weight excluding hydrogens is 270 g/mol. The van der Waals surface area contributed by atoms with Crippen LogP contribution in [-0.2, 0) is 0 Å². The zero-order valence-corrected chi connectivity index (χ0v) is 11.7. The molecule has 0 saturated carbocycles. The molecule has 5 heteroatoms. The third-order valence-corrected chi connectivity index (χ3v) is 3.75. The van der Waals surface area contributed by atoms with Crippen molar-refractivity contribution in [3.63, 3.8) is 0 Å². The highest BCUT2D eigenvalue weighted by Gasteiger charge is 2.36. The van der Waals surface area contributed by atoms with Crippen molar-refractivity contribution in [1.82, 2.24) is 4.90 Å². The lowest BCUT2D eigenvalue weighted by Gasteiger charge is -2.24. The second kappa shape index (κ2) is 5.61. The van der Waals surface area contributed by atoms with Gasteiger partial charge in [-0.15, -0.1) is 0 Å². The Hall–Kier alpha value is -2.27. The molecule has 1 N–H and O–H groups in total. The van der Waals surface area contributed by atoms with Crippen LogP contribution in [0, 0.1) is 0 Å². The van der Waals surface area contributed by atoms with Gasteiger partial charge in [0.1, 0.15) is 5.75 Å². The molecule has 1 aromatic heterocycles. The summed E-state index contributed by atoms with van der Waals surface area (Å²) < 4.78 is 10.4.